The molecular formula is C48H87N3O9S3. The van der Waals surface area contributed by atoms with Crippen molar-refractivity contribution >= 4 is 53.2 Å². The first-order valence-electron chi connectivity index (χ1n) is 23.1. The van der Waals surface area contributed by atoms with E-state index in [9.17, 15) is 28.8 Å². The summed E-state index contributed by atoms with van der Waals surface area (Å²) in [4.78, 5) is 82.2. The van der Waals surface area contributed by atoms with Crippen molar-refractivity contribution in [1.82, 2.24) is 13.7 Å². The standard InChI is InChI=1S/C48H87N3O9S3/c1-19-22-34(61-46(13,14)31-43(4,5)6)37(52)58-28-25-49-40(55)50(26-29-59-38(53)35(23-20-2)62-47(15,16)32-44(7,8)9)42(57)51(41(49)56)27-30-60-39(54)36(24-21-3)63-48(17,18)33-45(10,11)12/h34-36H,19-33H2,1-18H3. The molecule has 0 aliphatic rings. The molecule has 0 aliphatic carbocycles. The van der Waals surface area contributed by atoms with Crippen molar-refractivity contribution in [3.05, 3.63) is 31.5 Å². The van der Waals surface area contributed by atoms with E-state index in [1.165, 1.54) is 0 Å². The molecule has 1 heterocycles. The fraction of sp³-hybridized carbons (Fsp3) is 0.875. The zero-order chi connectivity index (χ0) is 48.8. The Labute approximate surface area is 393 Å². The number of aromatic nitrogens is 3. The molecule has 1 rings (SSSR count). The van der Waals surface area contributed by atoms with Crippen LogP contribution in [0.3, 0.4) is 0 Å². The lowest BCUT2D eigenvalue weighted by Crippen LogP contribution is -2.55. The summed E-state index contributed by atoms with van der Waals surface area (Å²) in [6, 6.07) is 0. The fourth-order valence-electron chi connectivity index (χ4n) is 8.82. The van der Waals surface area contributed by atoms with Gasteiger partial charge in [0.05, 0.1) is 19.6 Å². The van der Waals surface area contributed by atoms with Gasteiger partial charge in [-0.05, 0) is 54.8 Å². The molecule has 0 aromatic carbocycles. The van der Waals surface area contributed by atoms with Crippen LogP contribution in [0.1, 0.15) is 182 Å². The van der Waals surface area contributed by atoms with Gasteiger partial charge in [-0.3, -0.25) is 14.4 Å². The second kappa shape index (κ2) is 25.1. The average Bonchev–Trinajstić information content (AvgIpc) is 3.08. The number of ether oxygens (including phenoxy) is 3. The van der Waals surface area contributed by atoms with E-state index in [1.807, 2.05) is 20.8 Å². The summed E-state index contributed by atoms with van der Waals surface area (Å²) >= 11 is 4.70. The SMILES string of the molecule is CCCC(SC(C)(C)CC(C)(C)C)C(=O)OCCn1c(=O)n(CCOC(=O)C(CCC)SC(C)(C)CC(C)(C)C)c(=O)n(CCOC(=O)C(CCC)SC(C)(C)CC(C)(C)C)c1=O. The maximum absolute atomic E-state index is 13.9. The van der Waals surface area contributed by atoms with Crippen LogP contribution < -0.4 is 17.1 Å². The van der Waals surface area contributed by atoms with Crippen LogP contribution in [0.25, 0.3) is 0 Å². The zero-order valence-electron chi connectivity index (χ0n) is 42.6. The molecule has 0 spiro atoms. The summed E-state index contributed by atoms with van der Waals surface area (Å²) in [5, 5.41) is -1.33. The van der Waals surface area contributed by atoms with E-state index in [4.69, 9.17) is 14.2 Å². The van der Waals surface area contributed by atoms with Crippen molar-refractivity contribution in [2.75, 3.05) is 19.8 Å². The van der Waals surface area contributed by atoms with E-state index >= 15 is 0 Å². The van der Waals surface area contributed by atoms with Crippen molar-refractivity contribution in [3.63, 3.8) is 0 Å². The van der Waals surface area contributed by atoms with Gasteiger partial charge in [-0.25, -0.2) is 28.1 Å². The number of hydrogen-bond acceptors (Lipinski definition) is 12. The molecule has 3 atom stereocenters. The van der Waals surface area contributed by atoms with Crippen molar-refractivity contribution in [2.45, 2.75) is 232 Å². The summed E-state index contributed by atoms with van der Waals surface area (Å²) in [5.74, 6) is -1.29. The maximum atomic E-state index is 13.9. The Bertz CT molecular complexity index is 1560. The third kappa shape index (κ3) is 22.8. The van der Waals surface area contributed by atoms with Crippen molar-refractivity contribution < 1.29 is 28.6 Å². The van der Waals surface area contributed by atoms with Crippen LogP contribution in [0.2, 0.25) is 0 Å². The molecule has 0 bridgehead atoms. The Hall–Kier alpha value is -2.13. The van der Waals surface area contributed by atoms with E-state index < -0.39 is 50.7 Å². The van der Waals surface area contributed by atoms with Gasteiger partial charge < -0.3 is 14.2 Å². The second-order valence-electron chi connectivity index (χ2n) is 22.5. The molecule has 0 saturated heterocycles. The van der Waals surface area contributed by atoms with E-state index in [2.05, 4.69) is 104 Å². The molecule has 0 radical (unpaired) electrons. The Morgan fingerprint density at radius 3 is 0.810 bits per heavy atom. The number of carbonyl (C=O) groups excluding carboxylic acids is 3. The van der Waals surface area contributed by atoms with E-state index in [1.54, 1.807) is 35.3 Å². The first-order chi connectivity index (χ1) is 28.7. The van der Waals surface area contributed by atoms with Crippen LogP contribution in [0.4, 0.5) is 0 Å². The molecule has 0 aliphatic heterocycles. The van der Waals surface area contributed by atoms with Crippen LogP contribution in [0, 0.1) is 16.2 Å². The Kier molecular flexibility index (Phi) is 23.5. The number of thioether (sulfide) groups is 3. The van der Waals surface area contributed by atoms with Gasteiger partial charge in [0, 0.05) is 14.2 Å². The lowest BCUT2D eigenvalue weighted by Gasteiger charge is -2.34. The Morgan fingerprint density at radius 2 is 0.635 bits per heavy atom. The molecule has 1 aromatic rings. The van der Waals surface area contributed by atoms with Gasteiger partial charge in [-0.1, -0.05) is 144 Å². The van der Waals surface area contributed by atoms with Crippen LogP contribution in [0.15, 0.2) is 14.4 Å². The summed E-state index contributed by atoms with van der Waals surface area (Å²) < 4.78 is 19.1. The molecule has 12 nitrogen and oxygen atoms in total. The minimum absolute atomic E-state index is 0.0519. The third-order valence-electron chi connectivity index (χ3n) is 9.76. The number of hydrogen-bond donors (Lipinski definition) is 0. The molecule has 3 unspecified atom stereocenters. The highest BCUT2D eigenvalue weighted by molar-refractivity contribution is 8.02. The van der Waals surface area contributed by atoms with Gasteiger partial charge in [-0.2, -0.15) is 0 Å². The van der Waals surface area contributed by atoms with Crippen molar-refractivity contribution in [3.8, 4) is 0 Å². The van der Waals surface area contributed by atoms with Crippen LogP contribution >= 0.6 is 35.3 Å². The molecule has 0 saturated carbocycles. The second-order valence-corrected chi connectivity index (χ2v) is 28.2. The number of rotatable bonds is 27. The highest BCUT2D eigenvalue weighted by Crippen LogP contribution is 2.42. The average molecular weight is 946 g/mol. The predicted octanol–water partition coefficient (Wildman–Crippen LogP) is 10.2. The van der Waals surface area contributed by atoms with Gasteiger partial charge in [0.2, 0.25) is 0 Å². The quantitative estimate of drug-likeness (QED) is 0.0611. The first kappa shape index (κ1) is 58.9. The van der Waals surface area contributed by atoms with Crippen molar-refractivity contribution in [2.24, 2.45) is 16.2 Å². The molecular weight excluding hydrogens is 859 g/mol. The van der Waals surface area contributed by atoms with Gasteiger partial charge in [0.1, 0.15) is 35.6 Å². The first-order valence-corrected chi connectivity index (χ1v) is 25.8. The third-order valence-corrected chi connectivity index (χ3v) is 14.2. The van der Waals surface area contributed by atoms with E-state index in [-0.39, 0.29) is 69.9 Å². The van der Waals surface area contributed by atoms with E-state index in [0.717, 1.165) is 52.2 Å². The molecule has 0 amide bonds. The normalized spacial score (nSPS) is 14.6. The number of nitrogens with zero attached hydrogens (tertiary/aromatic N) is 3. The highest BCUT2D eigenvalue weighted by atomic mass is 32.2. The highest BCUT2D eigenvalue weighted by Gasteiger charge is 2.35. The molecule has 366 valence electrons. The topological polar surface area (TPSA) is 145 Å². The number of carbonyl (C=O) groups is 3. The van der Waals surface area contributed by atoms with Gasteiger partial charge in [0.15, 0.2) is 0 Å². The Balaban J connectivity index is 3.48. The van der Waals surface area contributed by atoms with Crippen LogP contribution in [-0.4, -0.2) is 81.4 Å². The predicted molar refractivity (Wildman–Crippen MR) is 265 cm³/mol. The fourth-order valence-corrected chi connectivity index (χ4v) is 14.2. The Morgan fingerprint density at radius 1 is 0.429 bits per heavy atom. The summed E-state index contributed by atoms with van der Waals surface area (Å²) in [6.07, 6.45) is 6.72. The van der Waals surface area contributed by atoms with Gasteiger partial charge >= 0.3 is 35.0 Å². The lowest BCUT2D eigenvalue weighted by molar-refractivity contribution is -0.144. The maximum Gasteiger partial charge on any atom is 0.336 e. The van der Waals surface area contributed by atoms with Crippen molar-refractivity contribution in [1.29, 1.82) is 0 Å². The zero-order valence-corrected chi connectivity index (χ0v) is 45.0. The molecule has 1 aromatic heterocycles. The number of esters is 3. The van der Waals surface area contributed by atoms with E-state index in [0.29, 0.717) is 19.3 Å². The van der Waals surface area contributed by atoms with Gasteiger partial charge in [0.25, 0.3) is 0 Å². The monoisotopic (exact) mass is 946 g/mol. The van der Waals surface area contributed by atoms with Gasteiger partial charge in [-0.15, -0.1) is 35.3 Å². The van der Waals surface area contributed by atoms with Crippen LogP contribution in [-0.2, 0) is 48.2 Å². The molecule has 0 N–H and O–H groups in total. The summed E-state index contributed by atoms with van der Waals surface area (Å²) in [5.41, 5.74) is -2.59. The molecule has 0 fully saturated rings. The minimum atomic E-state index is -0.914. The molecule has 15 heteroatoms. The largest absolute Gasteiger partial charge is 0.463 e. The summed E-state index contributed by atoms with van der Waals surface area (Å²) in [7, 11) is 0. The minimum Gasteiger partial charge on any atom is -0.463 e. The summed E-state index contributed by atoms with van der Waals surface area (Å²) in [6.45, 7) is 36.4. The smallest absolute Gasteiger partial charge is 0.336 e. The van der Waals surface area contributed by atoms with Crippen LogP contribution in [0.5, 0.6) is 0 Å². The lowest BCUT2D eigenvalue weighted by atomic mass is 9.86. The molecule has 63 heavy (non-hydrogen) atoms.